The van der Waals surface area contributed by atoms with Crippen LogP contribution in [-0.4, -0.2) is 39.0 Å². The summed E-state index contributed by atoms with van der Waals surface area (Å²) in [5.41, 5.74) is -0.559. The minimum atomic E-state index is -2.87. The first kappa shape index (κ1) is 29.4. The van der Waals surface area contributed by atoms with Gasteiger partial charge in [-0.1, -0.05) is 41.5 Å². The van der Waals surface area contributed by atoms with Crippen LogP contribution in [0.15, 0.2) is 27.9 Å². The van der Waals surface area contributed by atoms with E-state index in [1.54, 1.807) is 13.0 Å². The number of halogens is 1. The summed E-state index contributed by atoms with van der Waals surface area (Å²) in [5.74, 6) is -3.04. The van der Waals surface area contributed by atoms with Gasteiger partial charge in [0.2, 0.25) is 0 Å². The van der Waals surface area contributed by atoms with Crippen LogP contribution in [0.5, 0.6) is 5.75 Å². The fraction of sp³-hybridized carbons (Fsp3) is 0.600. The second-order valence-corrected chi connectivity index (χ2v) is 12.3. The molecule has 0 aliphatic carbocycles. The van der Waals surface area contributed by atoms with E-state index < -0.39 is 54.6 Å². The van der Waals surface area contributed by atoms with Gasteiger partial charge in [-0.05, 0) is 29.4 Å². The predicted molar refractivity (Wildman–Crippen MR) is 136 cm³/mol. The Hall–Kier alpha value is -2.14. The molecule has 0 radical (unpaired) electrons. The van der Waals surface area contributed by atoms with Crippen LogP contribution < -0.4 is 15.8 Å². The van der Waals surface area contributed by atoms with E-state index in [9.17, 15) is 19.8 Å². The smallest absolute Gasteiger partial charge is 0.402 e. The average molecular weight is 543 g/mol. The minimum absolute atomic E-state index is 0.0774. The number of rotatable bonds is 7. The SMILES string of the molecule is COC(CC(C)n1ccc(=O)[nH]c1=O)C(O)(O)OP1OCc2c(F)c(C(C)(C)C)cc(C(C)(C)C)c2O1. The first-order valence-corrected chi connectivity index (χ1v) is 13.0. The first-order chi connectivity index (χ1) is 17.0. The highest BCUT2D eigenvalue weighted by Crippen LogP contribution is 2.54. The summed E-state index contributed by atoms with van der Waals surface area (Å²) in [6.45, 7) is 13.1. The molecule has 1 aliphatic rings. The Balaban J connectivity index is 1.86. The van der Waals surface area contributed by atoms with Gasteiger partial charge in [-0.25, -0.2) is 13.7 Å². The number of aliphatic hydroxyl groups is 2. The molecule has 0 amide bonds. The maximum absolute atomic E-state index is 15.5. The molecule has 0 fully saturated rings. The number of hydrogen-bond donors (Lipinski definition) is 3. The molecule has 1 aromatic heterocycles. The second-order valence-electron chi connectivity index (χ2n) is 11.3. The minimum Gasteiger partial charge on any atom is -0.426 e. The zero-order valence-electron chi connectivity index (χ0n) is 22.4. The highest BCUT2D eigenvalue weighted by molar-refractivity contribution is 7.42. The molecular formula is C25H36FN2O8P. The van der Waals surface area contributed by atoms with E-state index in [-0.39, 0.29) is 24.3 Å². The Labute approximate surface area is 216 Å². The number of H-pyrrole nitrogens is 1. The molecule has 37 heavy (non-hydrogen) atoms. The molecule has 1 aliphatic heterocycles. The van der Waals surface area contributed by atoms with Crippen molar-refractivity contribution in [3.05, 3.63) is 61.7 Å². The van der Waals surface area contributed by atoms with E-state index in [0.29, 0.717) is 5.56 Å². The highest BCUT2D eigenvalue weighted by Gasteiger charge is 2.44. The van der Waals surface area contributed by atoms with Crippen molar-refractivity contribution in [1.29, 1.82) is 0 Å². The Kier molecular flexibility index (Phi) is 8.39. The molecule has 10 nitrogen and oxygen atoms in total. The first-order valence-electron chi connectivity index (χ1n) is 11.9. The van der Waals surface area contributed by atoms with Crippen LogP contribution in [0.25, 0.3) is 0 Å². The van der Waals surface area contributed by atoms with E-state index >= 15 is 4.39 Å². The number of aromatic nitrogens is 2. The molecule has 2 aromatic rings. The molecule has 12 heteroatoms. The summed E-state index contributed by atoms with van der Waals surface area (Å²) in [6, 6.07) is 2.36. The van der Waals surface area contributed by atoms with Gasteiger partial charge in [0.05, 0.1) is 12.2 Å². The Bertz CT molecular complexity index is 1250. The summed E-state index contributed by atoms with van der Waals surface area (Å²) >= 11 is 0. The molecule has 0 bridgehead atoms. The maximum Gasteiger partial charge on any atom is 0.402 e. The average Bonchev–Trinajstić information content (AvgIpc) is 2.75. The van der Waals surface area contributed by atoms with Crippen LogP contribution in [-0.2, 0) is 31.2 Å². The molecule has 3 atom stereocenters. The fourth-order valence-corrected chi connectivity index (χ4v) is 5.14. The van der Waals surface area contributed by atoms with Crippen LogP contribution >= 0.6 is 8.60 Å². The summed E-state index contributed by atoms with van der Waals surface area (Å²) in [5, 5.41) is 21.5. The van der Waals surface area contributed by atoms with Gasteiger partial charge in [-0.2, -0.15) is 0 Å². The zero-order valence-corrected chi connectivity index (χ0v) is 23.3. The molecule has 3 unspecified atom stereocenters. The van der Waals surface area contributed by atoms with Crippen LogP contribution in [0.2, 0.25) is 0 Å². The standard InChI is InChI=1S/C25H36FN2O8P/c1-14(28-10-9-19(29)27-22(28)30)11-18(33-8)25(31,32)36-37-34-13-15-20(26)16(23(2,3)4)12-17(21(15)35-37)24(5,6)7/h9-10,12,14,18,31-32H,11,13H2,1-8H3,(H,27,29,30). The lowest BCUT2D eigenvalue weighted by molar-refractivity contribution is -0.345. The van der Waals surface area contributed by atoms with Crippen molar-refractivity contribution in [2.75, 3.05) is 7.11 Å². The third kappa shape index (κ3) is 6.47. The van der Waals surface area contributed by atoms with Crippen LogP contribution in [0, 0.1) is 5.82 Å². The second kappa shape index (κ2) is 10.6. The molecule has 3 rings (SSSR count). The van der Waals surface area contributed by atoms with Crippen molar-refractivity contribution in [3.8, 4) is 5.75 Å². The Morgan fingerprint density at radius 1 is 1.16 bits per heavy atom. The third-order valence-corrected chi connectivity index (χ3v) is 7.29. The number of methoxy groups -OCH3 is 1. The molecular weight excluding hydrogens is 506 g/mol. The van der Waals surface area contributed by atoms with Crippen LogP contribution in [0.4, 0.5) is 4.39 Å². The number of nitrogens with one attached hydrogen (secondary N) is 1. The van der Waals surface area contributed by atoms with Crippen LogP contribution in [0.3, 0.4) is 0 Å². The van der Waals surface area contributed by atoms with Crippen molar-refractivity contribution in [2.24, 2.45) is 0 Å². The molecule has 0 saturated carbocycles. The fourth-order valence-electron chi connectivity index (χ4n) is 4.07. The van der Waals surface area contributed by atoms with Gasteiger partial charge >= 0.3 is 20.3 Å². The van der Waals surface area contributed by atoms with E-state index in [0.717, 1.165) is 5.56 Å². The van der Waals surface area contributed by atoms with Gasteiger partial charge in [0.1, 0.15) is 17.7 Å². The van der Waals surface area contributed by atoms with Crippen molar-refractivity contribution in [2.45, 2.75) is 90.4 Å². The van der Waals surface area contributed by atoms with Gasteiger partial charge in [-0.3, -0.25) is 18.9 Å². The van der Waals surface area contributed by atoms with Gasteiger partial charge in [0.15, 0.2) is 0 Å². The summed E-state index contributed by atoms with van der Waals surface area (Å²) < 4.78 is 38.9. The lowest BCUT2D eigenvalue weighted by Gasteiger charge is -2.36. The van der Waals surface area contributed by atoms with Crippen molar-refractivity contribution in [3.63, 3.8) is 0 Å². The summed E-state index contributed by atoms with van der Waals surface area (Å²) in [6.07, 6.45) is -0.107. The van der Waals surface area contributed by atoms with Gasteiger partial charge in [0.25, 0.3) is 5.56 Å². The maximum atomic E-state index is 15.5. The van der Waals surface area contributed by atoms with E-state index in [1.807, 2.05) is 41.5 Å². The number of fused-ring (bicyclic) bond motifs is 1. The molecule has 1 aromatic carbocycles. The monoisotopic (exact) mass is 542 g/mol. The largest absolute Gasteiger partial charge is 0.426 e. The number of benzene rings is 1. The van der Waals surface area contributed by atoms with Crippen LogP contribution in [0.1, 0.15) is 77.6 Å². The summed E-state index contributed by atoms with van der Waals surface area (Å²) in [7, 11) is -1.10. The van der Waals surface area contributed by atoms with Gasteiger partial charge < -0.3 is 19.5 Å². The lowest BCUT2D eigenvalue weighted by Crippen LogP contribution is -2.47. The van der Waals surface area contributed by atoms with Gasteiger partial charge in [0, 0.05) is 37.4 Å². The van der Waals surface area contributed by atoms with Crippen molar-refractivity contribution in [1.82, 2.24) is 9.55 Å². The van der Waals surface area contributed by atoms with Crippen molar-refractivity contribution < 1.29 is 32.9 Å². The molecule has 3 N–H and O–H groups in total. The van der Waals surface area contributed by atoms with E-state index in [2.05, 4.69) is 4.98 Å². The normalized spacial score (nSPS) is 18.2. The van der Waals surface area contributed by atoms with E-state index in [1.165, 1.54) is 23.9 Å². The molecule has 0 saturated heterocycles. The summed E-state index contributed by atoms with van der Waals surface area (Å²) in [4.78, 5) is 25.6. The Morgan fingerprint density at radius 3 is 2.32 bits per heavy atom. The Morgan fingerprint density at radius 2 is 1.78 bits per heavy atom. The molecule has 0 spiro atoms. The van der Waals surface area contributed by atoms with Crippen molar-refractivity contribution >= 4 is 8.60 Å². The number of aromatic amines is 1. The predicted octanol–water partition coefficient (Wildman–Crippen LogP) is 3.73. The number of hydrogen-bond acceptors (Lipinski definition) is 8. The highest BCUT2D eigenvalue weighted by atomic mass is 31.2. The number of ether oxygens (including phenoxy) is 1. The lowest BCUT2D eigenvalue weighted by atomic mass is 9.78. The molecule has 2 heterocycles. The topological polar surface area (TPSA) is 132 Å². The quantitative estimate of drug-likeness (QED) is 0.356. The molecule has 206 valence electrons. The zero-order chi connectivity index (χ0) is 27.9. The third-order valence-electron chi connectivity index (χ3n) is 6.20. The number of nitrogens with zero attached hydrogens (tertiary/aromatic N) is 1. The van der Waals surface area contributed by atoms with Gasteiger partial charge in [-0.15, -0.1) is 0 Å². The van der Waals surface area contributed by atoms with E-state index in [4.69, 9.17) is 18.3 Å².